The fraction of sp³-hybridized carbons (Fsp3) is 0.171. The Morgan fingerprint density at radius 3 is 2.00 bits per heavy atom. The molecule has 2 aliphatic rings. The van der Waals surface area contributed by atoms with Crippen molar-refractivity contribution in [2.45, 2.75) is 36.2 Å². The van der Waals surface area contributed by atoms with Gasteiger partial charge in [0.15, 0.2) is 0 Å². The number of benzene rings is 4. The van der Waals surface area contributed by atoms with Gasteiger partial charge in [0.05, 0.1) is 0 Å². The van der Waals surface area contributed by atoms with Crippen molar-refractivity contribution < 1.29 is 22.8 Å². The van der Waals surface area contributed by atoms with Gasteiger partial charge in [-0.1, -0.05) is 0 Å². The van der Waals surface area contributed by atoms with E-state index in [-0.39, 0.29) is 24.8 Å². The Morgan fingerprint density at radius 2 is 1.32 bits per heavy atom. The quantitative estimate of drug-likeness (QED) is 0.194. The maximum Gasteiger partial charge on any atom is -0.147 e. The molecular formula is C35H33Cl2Zr. The molecule has 191 valence electrons. The van der Waals surface area contributed by atoms with Gasteiger partial charge < -0.3 is 0 Å². The van der Waals surface area contributed by atoms with Crippen LogP contribution in [0.3, 0.4) is 0 Å². The van der Waals surface area contributed by atoms with E-state index in [9.17, 15) is 0 Å². The summed E-state index contributed by atoms with van der Waals surface area (Å²) >= 11 is -1.09. The summed E-state index contributed by atoms with van der Waals surface area (Å²) in [6.45, 7) is 2.28. The third kappa shape index (κ3) is 5.67. The van der Waals surface area contributed by atoms with Gasteiger partial charge in [-0.25, -0.2) is 0 Å². The number of hydrogen-bond donors (Lipinski definition) is 0. The predicted molar refractivity (Wildman–Crippen MR) is 165 cm³/mol. The number of rotatable bonds is 7. The first-order valence-corrected chi connectivity index (χ1v) is 15.8. The van der Waals surface area contributed by atoms with Crippen LogP contribution in [0.4, 0.5) is 0 Å². The summed E-state index contributed by atoms with van der Waals surface area (Å²) < 4.78 is 2.09. The third-order valence-corrected chi connectivity index (χ3v) is 11.8. The van der Waals surface area contributed by atoms with Crippen LogP contribution in [0.5, 0.6) is 0 Å². The van der Waals surface area contributed by atoms with Crippen LogP contribution >= 0.6 is 24.8 Å². The van der Waals surface area contributed by atoms with Gasteiger partial charge in [-0.15, -0.1) is 24.8 Å². The number of allylic oxidation sites excluding steroid dienone is 4. The topological polar surface area (TPSA) is 0 Å². The van der Waals surface area contributed by atoms with E-state index >= 15 is 0 Å². The molecule has 38 heavy (non-hydrogen) atoms. The van der Waals surface area contributed by atoms with Gasteiger partial charge in [0.1, 0.15) is 0 Å². The molecule has 0 heterocycles. The number of halogens is 2. The summed E-state index contributed by atoms with van der Waals surface area (Å²) in [6, 6.07) is 38.5. The van der Waals surface area contributed by atoms with Crippen molar-refractivity contribution >= 4 is 33.6 Å². The zero-order valence-corrected chi connectivity index (χ0v) is 25.8. The van der Waals surface area contributed by atoms with Crippen LogP contribution in [0, 0.1) is 0 Å². The van der Waals surface area contributed by atoms with E-state index in [2.05, 4.69) is 122 Å². The largest absolute Gasteiger partial charge is 0.147 e. The van der Waals surface area contributed by atoms with Crippen LogP contribution in [0.25, 0.3) is 16.7 Å². The molecule has 1 unspecified atom stereocenters. The first kappa shape index (κ1) is 28.7. The summed E-state index contributed by atoms with van der Waals surface area (Å²) in [5.74, 6) is 0. The Morgan fingerprint density at radius 1 is 0.711 bits per heavy atom. The molecule has 0 nitrogen and oxygen atoms in total. The molecule has 0 amide bonds. The molecule has 0 aliphatic heterocycles. The van der Waals surface area contributed by atoms with Crippen LogP contribution in [0.2, 0.25) is 0 Å². The van der Waals surface area contributed by atoms with Crippen molar-refractivity contribution in [3.63, 3.8) is 0 Å². The summed E-state index contributed by atoms with van der Waals surface area (Å²) in [4.78, 5) is 0. The second-order valence-electron chi connectivity index (χ2n) is 9.79. The van der Waals surface area contributed by atoms with E-state index in [1.807, 2.05) is 0 Å². The Kier molecular flexibility index (Phi) is 9.94. The maximum atomic E-state index is 2.50. The monoisotopic (exact) mass is 613 g/mol. The summed E-state index contributed by atoms with van der Waals surface area (Å²) in [5, 5.41) is 0. The molecule has 0 N–H and O–H groups in total. The zero-order chi connectivity index (χ0) is 24.3. The minimum atomic E-state index is -1.09. The van der Waals surface area contributed by atoms with Crippen LogP contribution in [-0.4, -0.2) is 3.21 Å². The molecular weight excluding hydrogens is 583 g/mol. The van der Waals surface area contributed by atoms with E-state index in [1.165, 1.54) is 63.8 Å². The number of unbranched alkanes of at least 4 members (excludes halogenated alkanes) is 1. The van der Waals surface area contributed by atoms with Crippen molar-refractivity contribution in [1.29, 1.82) is 0 Å². The fourth-order valence-corrected chi connectivity index (χ4v) is 10.2. The summed E-state index contributed by atoms with van der Waals surface area (Å²) in [5.41, 5.74) is 13.3. The second kappa shape index (κ2) is 13.2. The van der Waals surface area contributed by atoms with Gasteiger partial charge in [0.2, 0.25) is 0 Å². The molecule has 4 aromatic rings. The van der Waals surface area contributed by atoms with E-state index in [4.69, 9.17) is 0 Å². The second-order valence-corrected chi connectivity index (χ2v) is 13.2. The van der Waals surface area contributed by atoms with Gasteiger partial charge in [0, 0.05) is 0 Å². The number of fused-ring (bicyclic) bond motifs is 3. The van der Waals surface area contributed by atoms with E-state index in [0.717, 1.165) is 6.42 Å². The van der Waals surface area contributed by atoms with E-state index < -0.39 is 22.8 Å². The average molecular weight is 616 g/mol. The summed E-state index contributed by atoms with van der Waals surface area (Å²) in [7, 11) is 0. The molecule has 0 bridgehead atoms. The molecule has 0 fully saturated rings. The smallest absolute Gasteiger partial charge is 0.147 e. The van der Waals surface area contributed by atoms with Crippen molar-refractivity contribution in [2.24, 2.45) is 0 Å². The van der Waals surface area contributed by atoms with Crippen LogP contribution < -0.4 is 0 Å². The molecule has 1 atom stereocenters. The molecule has 3 heteroatoms. The molecule has 0 saturated heterocycles. The fourth-order valence-electron chi connectivity index (χ4n) is 5.70. The van der Waals surface area contributed by atoms with Crippen molar-refractivity contribution in [3.8, 4) is 11.1 Å². The third-order valence-electron chi connectivity index (χ3n) is 7.48. The molecule has 0 radical (unpaired) electrons. The van der Waals surface area contributed by atoms with Gasteiger partial charge in [-0.3, -0.25) is 0 Å². The van der Waals surface area contributed by atoms with Gasteiger partial charge in [-0.2, -0.15) is 0 Å². The Labute approximate surface area is 250 Å². The normalized spacial score (nSPS) is 14.7. The molecule has 0 spiro atoms. The maximum absolute atomic E-state index is 2.50. The standard InChI is InChI=1S/C22H21.C13H10.2ClH.Zr/c1-2-3-7-16-12-13-18(14-16)20-10-6-11-21-19-9-5-4-8-17(19)15-22(20)21;1-3-7-12(8-4-1)11-13-9-5-2-6-10-13;;;/h4-6,8-12,14-15H,2-3,7,13H2,1H3;1-10H;2*1H;. The minimum absolute atomic E-state index is 0. The Hall–Kier alpha value is -2.31. The average Bonchev–Trinajstić information content (AvgIpc) is 3.54. The van der Waals surface area contributed by atoms with E-state index in [1.54, 1.807) is 8.77 Å². The van der Waals surface area contributed by atoms with Crippen LogP contribution in [0.1, 0.15) is 64.1 Å². The van der Waals surface area contributed by atoms with Crippen molar-refractivity contribution in [1.82, 2.24) is 0 Å². The van der Waals surface area contributed by atoms with Crippen LogP contribution in [-0.2, 0) is 22.8 Å². The van der Waals surface area contributed by atoms with Gasteiger partial charge in [-0.05, 0) is 0 Å². The first-order chi connectivity index (χ1) is 17.8. The SMILES string of the molecule is CCCCC1=CCC(c2cccc3c2[CH]([Zr]=[C](c2ccccc2)c2ccccc2)c2ccccc2-3)=C1.Cl.Cl. The first-order valence-electron chi connectivity index (χ1n) is 13.2. The van der Waals surface area contributed by atoms with Crippen LogP contribution in [0.15, 0.2) is 121 Å². The van der Waals surface area contributed by atoms with Crippen molar-refractivity contribution in [3.05, 3.63) is 149 Å². The van der Waals surface area contributed by atoms with E-state index in [0.29, 0.717) is 3.63 Å². The number of hydrogen-bond acceptors (Lipinski definition) is 0. The molecule has 6 rings (SSSR count). The van der Waals surface area contributed by atoms with Gasteiger partial charge >= 0.3 is 228 Å². The van der Waals surface area contributed by atoms with Crippen molar-refractivity contribution in [2.75, 3.05) is 0 Å². The molecule has 0 saturated carbocycles. The zero-order valence-electron chi connectivity index (χ0n) is 21.7. The van der Waals surface area contributed by atoms with Gasteiger partial charge in [0.25, 0.3) is 0 Å². The molecule has 0 aromatic heterocycles. The molecule has 2 aliphatic carbocycles. The molecule has 4 aromatic carbocycles. The predicted octanol–water partition coefficient (Wildman–Crippen LogP) is 9.86. The minimum Gasteiger partial charge on any atom is -0.147 e. The summed E-state index contributed by atoms with van der Waals surface area (Å²) in [6.07, 6.45) is 9.76. The Bertz CT molecular complexity index is 1440. The Balaban J connectivity index is 0.00000168.